The average Bonchev–Trinajstić information content (AvgIpc) is 2.56. The molecule has 2 unspecified atom stereocenters. The summed E-state index contributed by atoms with van der Waals surface area (Å²) in [6.07, 6.45) is 2.66. The number of aliphatic hydroxyl groups is 1. The van der Waals surface area contributed by atoms with Gasteiger partial charge in [-0.15, -0.1) is 0 Å². The Balaban J connectivity index is 3.96. The van der Waals surface area contributed by atoms with Crippen molar-refractivity contribution < 1.29 is 28.8 Å². The second-order valence-corrected chi connectivity index (χ2v) is 5.27. The first-order valence-corrected chi connectivity index (χ1v) is 8.85. The van der Waals surface area contributed by atoms with Crippen LogP contribution < -0.4 is 0 Å². The summed E-state index contributed by atoms with van der Waals surface area (Å²) in [5.74, 6) is 0. The second-order valence-electron chi connectivity index (χ2n) is 5.27. The van der Waals surface area contributed by atoms with Crippen molar-refractivity contribution in [3.05, 3.63) is 0 Å². The zero-order chi connectivity index (χ0) is 17.2. The van der Waals surface area contributed by atoms with Gasteiger partial charge in [0.05, 0.1) is 26.4 Å². The summed E-state index contributed by atoms with van der Waals surface area (Å²) >= 11 is 0. The van der Waals surface area contributed by atoms with Crippen LogP contribution in [0.1, 0.15) is 40.0 Å². The van der Waals surface area contributed by atoms with E-state index in [-0.39, 0.29) is 18.8 Å². The van der Waals surface area contributed by atoms with Gasteiger partial charge in [0.2, 0.25) is 0 Å². The minimum absolute atomic E-state index is 0.0425. The molecular formula is C17H36O6. The predicted molar refractivity (Wildman–Crippen MR) is 89.9 cm³/mol. The molecule has 6 nitrogen and oxygen atoms in total. The molecule has 0 spiro atoms. The van der Waals surface area contributed by atoms with Gasteiger partial charge in [0.25, 0.3) is 0 Å². The molecule has 0 aliphatic carbocycles. The Hall–Kier alpha value is -0.240. The van der Waals surface area contributed by atoms with Crippen LogP contribution in [-0.2, 0) is 23.7 Å². The van der Waals surface area contributed by atoms with Crippen LogP contribution in [0.5, 0.6) is 0 Å². The summed E-state index contributed by atoms with van der Waals surface area (Å²) < 4.78 is 28.0. The van der Waals surface area contributed by atoms with Gasteiger partial charge in [-0.3, -0.25) is 0 Å². The molecule has 0 aromatic carbocycles. The van der Waals surface area contributed by atoms with E-state index in [0.717, 1.165) is 19.4 Å². The summed E-state index contributed by atoms with van der Waals surface area (Å²) in [7, 11) is 0. The highest BCUT2D eigenvalue weighted by Crippen LogP contribution is 2.02. The van der Waals surface area contributed by atoms with Gasteiger partial charge in [-0.1, -0.05) is 13.3 Å². The lowest BCUT2D eigenvalue weighted by atomic mass is 10.3. The normalized spacial score (nSPS) is 14.1. The van der Waals surface area contributed by atoms with E-state index in [1.165, 1.54) is 0 Å². The van der Waals surface area contributed by atoms with Gasteiger partial charge in [0.1, 0.15) is 12.2 Å². The molecule has 0 heterocycles. The average molecular weight is 336 g/mol. The lowest BCUT2D eigenvalue weighted by Crippen LogP contribution is -2.31. The summed E-state index contributed by atoms with van der Waals surface area (Å²) in [6.45, 7) is 10.7. The van der Waals surface area contributed by atoms with Gasteiger partial charge in [0, 0.05) is 33.0 Å². The first-order valence-electron chi connectivity index (χ1n) is 8.85. The highest BCUT2D eigenvalue weighted by atomic mass is 16.6. The number of hydrogen-bond donors (Lipinski definition) is 1. The van der Waals surface area contributed by atoms with Crippen molar-refractivity contribution in [3.8, 4) is 0 Å². The fourth-order valence-corrected chi connectivity index (χ4v) is 1.88. The largest absolute Gasteiger partial charge is 0.396 e. The molecule has 0 aliphatic heterocycles. The Kier molecular flexibility index (Phi) is 17.9. The SMILES string of the molecule is CCCCOC(COCC)COCC(COCCCO)OCC. The minimum Gasteiger partial charge on any atom is -0.396 e. The lowest BCUT2D eigenvalue weighted by molar-refractivity contribution is -0.0932. The van der Waals surface area contributed by atoms with Crippen LogP contribution in [0.25, 0.3) is 0 Å². The monoisotopic (exact) mass is 336 g/mol. The smallest absolute Gasteiger partial charge is 0.104 e. The Bertz CT molecular complexity index is 227. The van der Waals surface area contributed by atoms with Crippen molar-refractivity contribution in [1.29, 1.82) is 0 Å². The molecule has 0 amide bonds. The van der Waals surface area contributed by atoms with Crippen molar-refractivity contribution in [2.24, 2.45) is 0 Å². The fourth-order valence-electron chi connectivity index (χ4n) is 1.88. The molecule has 1 N–H and O–H groups in total. The van der Waals surface area contributed by atoms with Crippen molar-refractivity contribution >= 4 is 0 Å². The van der Waals surface area contributed by atoms with Crippen molar-refractivity contribution in [3.63, 3.8) is 0 Å². The Morgan fingerprint density at radius 2 is 1.35 bits per heavy atom. The third-order valence-electron chi connectivity index (χ3n) is 3.12. The quantitative estimate of drug-likeness (QED) is 0.386. The molecular weight excluding hydrogens is 300 g/mol. The number of hydrogen-bond acceptors (Lipinski definition) is 6. The van der Waals surface area contributed by atoms with E-state index >= 15 is 0 Å². The minimum atomic E-state index is -0.0953. The summed E-state index contributed by atoms with van der Waals surface area (Å²) in [5, 5.41) is 8.74. The van der Waals surface area contributed by atoms with Crippen LogP contribution in [0.4, 0.5) is 0 Å². The van der Waals surface area contributed by atoms with Crippen LogP contribution in [0.2, 0.25) is 0 Å². The molecule has 0 saturated carbocycles. The molecule has 0 fully saturated rings. The van der Waals surface area contributed by atoms with Gasteiger partial charge in [-0.25, -0.2) is 0 Å². The second kappa shape index (κ2) is 18.1. The zero-order valence-electron chi connectivity index (χ0n) is 15.1. The maximum atomic E-state index is 8.74. The third kappa shape index (κ3) is 15.1. The molecule has 0 aromatic heterocycles. The van der Waals surface area contributed by atoms with E-state index < -0.39 is 0 Å². The van der Waals surface area contributed by atoms with Gasteiger partial charge in [0.15, 0.2) is 0 Å². The molecule has 0 aliphatic rings. The van der Waals surface area contributed by atoms with E-state index in [2.05, 4.69) is 6.92 Å². The first-order chi connectivity index (χ1) is 11.3. The maximum absolute atomic E-state index is 8.74. The Labute approximate surface area is 141 Å². The highest BCUT2D eigenvalue weighted by Gasteiger charge is 2.13. The highest BCUT2D eigenvalue weighted by molar-refractivity contribution is 4.59. The van der Waals surface area contributed by atoms with Gasteiger partial charge in [-0.2, -0.15) is 0 Å². The standard InChI is InChI=1S/C17H36O6/c1-4-7-11-23-17(12-19-5-2)15-21-14-16(22-6-3)13-20-10-8-9-18/h16-18H,4-15H2,1-3H3. The van der Waals surface area contributed by atoms with Crippen LogP contribution in [0.3, 0.4) is 0 Å². The first kappa shape index (κ1) is 22.8. The molecule has 0 aromatic rings. The van der Waals surface area contributed by atoms with Gasteiger partial charge >= 0.3 is 0 Å². The summed E-state index contributed by atoms with van der Waals surface area (Å²) in [4.78, 5) is 0. The van der Waals surface area contributed by atoms with Crippen LogP contribution in [0, 0.1) is 0 Å². The van der Waals surface area contributed by atoms with Crippen molar-refractivity contribution in [2.45, 2.75) is 52.2 Å². The van der Waals surface area contributed by atoms with Gasteiger partial charge in [-0.05, 0) is 26.7 Å². The molecule has 140 valence electrons. The van der Waals surface area contributed by atoms with Crippen molar-refractivity contribution in [1.82, 2.24) is 0 Å². The predicted octanol–water partition coefficient (Wildman–Crippen LogP) is 2.03. The van der Waals surface area contributed by atoms with E-state index in [1.54, 1.807) is 0 Å². The Morgan fingerprint density at radius 3 is 1.96 bits per heavy atom. The molecule has 0 saturated heterocycles. The molecule has 2 atom stereocenters. The van der Waals surface area contributed by atoms with Crippen LogP contribution in [-0.4, -0.2) is 76.8 Å². The van der Waals surface area contributed by atoms with Crippen molar-refractivity contribution in [2.75, 3.05) is 59.5 Å². The van der Waals surface area contributed by atoms with E-state index in [0.29, 0.717) is 52.7 Å². The molecule has 0 radical (unpaired) electrons. The fraction of sp³-hybridized carbons (Fsp3) is 1.00. The van der Waals surface area contributed by atoms with Gasteiger partial charge < -0.3 is 28.8 Å². The van der Waals surface area contributed by atoms with E-state index in [9.17, 15) is 0 Å². The summed E-state index contributed by atoms with van der Waals surface area (Å²) in [5.41, 5.74) is 0. The molecule has 6 heteroatoms. The molecule has 0 rings (SSSR count). The number of unbranched alkanes of at least 4 members (excludes halogenated alkanes) is 1. The van der Waals surface area contributed by atoms with E-state index in [1.807, 2.05) is 13.8 Å². The topological polar surface area (TPSA) is 66.4 Å². The third-order valence-corrected chi connectivity index (χ3v) is 3.12. The van der Waals surface area contributed by atoms with Crippen LogP contribution >= 0.6 is 0 Å². The summed E-state index contributed by atoms with van der Waals surface area (Å²) in [6, 6.07) is 0. The number of ether oxygens (including phenoxy) is 5. The molecule has 0 bridgehead atoms. The lowest BCUT2D eigenvalue weighted by Gasteiger charge is -2.21. The number of rotatable bonds is 18. The number of aliphatic hydroxyl groups excluding tert-OH is 1. The molecule has 23 heavy (non-hydrogen) atoms. The van der Waals surface area contributed by atoms with Crippen LogP contribution in [0.15, 0.2) is 0 Å². The maximum Gasteiger partial charge on any atom is 0.104 e. The Morgan fingerprint density at radius 1 is 0.696 bits per heavy atom. The zero-order valence-corrected chi connectivity index (χ0v) is 15.1. The van der Waals surface area contributed by atoms with E-state index in [4.69, 9.17) is 28.8 Å².